The Morgan fingerprint density at radius 2 is 1.94 bits per heavy atom. The first kappa shape index (κ1) is 19.3. The molecule has 2 aliphatic rings. The van der Waals surface area contributed by atoms with Crippen LogP contribution in [0.3, 0.4) is 0 Å². The van der Waals surface area contributed by atoms with Gasteiger partial charge in [-0.2, -0.15) is 9.97 Å². The van der Waals surface area contributed by atoms with Gasteiger partial charge >= 0.3 is 0 Å². The lowest BCUT2D eigenvalue weighted by Crippen LogP contribution is -2.57. The molecule has 3 heterocycles. The van der Waals surface area contributed by atoms with Gasteiger partial charge in [0.05, 0.1) is 17.3 Å². The number of piperazine rings is 1. The Kier molecular flexibility index (Phi) is 4.53. The number of fused-ring (bicyclic) bond motifs is 1. The molecule has 0 unspecified atom stereocenters. The van der Waals surface area contributed by atoms with E-state index < -0.39 is 0 Å². The maximum Gasteiger partial charge on any atom is 0.233 e. The van der Waals surface area contributed by atoms with Crippen molar-refractivity contribution in [1.82, 2.24) is 19.9 Å². The summed E-state index contributed by atoms with van der Waals surface area (Å²) in [5, 5.41) is 3.59. The van der Waals surface area contributed by atoms with E-state index in [1.807, 2.05) is 41.4 Å². The molecule has 0 radical (unpaired) electrons. The minimum absolute atomic E-state index is 0.148. The molecule has 5 rings (SSSR count). The zero-order chi connectivity index (χ0) is 21.6. The summed E-state index contributed by atoms with van der Waals surface area (Å²) < 4.78 is 0. The average Bonchev–Trinajstić information content (AvgIpc) is 3.31. The summed E-state index contributed by atoms with van der Waals surface area (Å²) in [4.78, 5) is 41.0. The number of amides is 2. The third-order valence-electron chi connectivity index (χ3n) is 6.10. The van der Waals surface area contributed by atoms with Crippen molar-refractivity contribution < 1.29 is 9.59 Å². The normalized spacial score (nSPS) is 17.2. The van der Waals surface area contributed by atoms with Crippen molar-refractivity contribution in [2.24, 2.45) is 0 Å². The fourth-order valence-corrected chi connectivity index (χ4v) is 4.40. The van der Waals surface area contributed by atoms with E-state index in [-0.39, 0.29) is 23.3 Å². The second kappa shape index (κ2) is 7.26. The summed E-state index contributed by atoms with van der Waals surface area (Å²) in [6.45, 7) is 3.47. The molecule has 1 aromatic carbocycles. The summed E-state index contributed by atoms with van der Waals surface area (Å²) in [5.74, 6) is 1.00. The number of anilines is 3. The monoisotopic (exact) mass is 419 g/mol. The Hall–Kier alpha value is -3.62. The number of carbonyl (C=O) groups excluding carboxylic acids is 2. The predicted octanol–water partition coefficient (Wildman–Crippen LogP) is 1.92. The van der Waals surface area contributed by atoms with Crippen LogP contribution in [-0.2, 0) is 16.0 Å². The number of aromatic amines is 1. The van der Waals surface area contributed by atoms with Gasteiger partial charge in [-0.3, -0.25) is 14.9 Å². The zero-order valence-corrected chi connectivity index (χ0v) is 17.4. The number of benzene rings is 1. The number of nitrogens with one attached hydrogen (secondary N) is 2. The maximum absolute atomic E-state index is 13.1. The second-order valence-electron chi connectivity index (χ2n) is 8.40. The molecule has 1 aliphatic carbocycles. The van der Waals surface area contributed by atoms with Crippen LogP contribution in [0.15, 0.2) is 36.5 Å². The number of aromatic nitrogens is 3. The maximum atomic E-state index is 13.1. The highest BCUT2D eigenvalue weighted by Crippen LogP contribution is 2.45. The highest BCUT2D eigenvalue weighted by molar-refractivity contribution is 5.92. The number of hydrogen-bond acceptors (Lipinski definition) is 6. The molecule has 1 aliphatic heterocycles. The molecule has 1 spiro atoms. The molecule has 0 bridgehead atoms. The lowest BCUT2D eigenvalue weighted by molar-refractivity contribution is -0.134. The van der Waals surface area contributed by atoms with Crippen molar-refractivity contribution in [2.45, 2.75) is 31.7 Å². The van der Waals surface area contributed by atoms with Crippen LogP contribution in [0.5, 0.6) is 0 Å². The van der Waals surface area contributed by atoms with Gasteiger partial charge in [-0.1, -0.05) is 12.1 Å². The van der Waals surface area contributed by atoms with Crippen LogP contribution in [0.1, 0.15) is 25.3 Å². The lowest BCUT2D eigenvalue weighted by Gasteiger charge is -2.43. The van der Waals surface area contributed by atoms with E-state index >= 15 is 0 Å². The third kappa shape index (κ3) is 3.67. The third-order valence-corrected chi connectivity index (χ3v) is 6.10. The van der Waals surface area contributed by atoms with E-state index in [1.54, 1.807) is 0 Å². The van der Waals surface area contributed by atoms with Crippen LogP contribution in [-0.4, -0.2) is 56.8 Å². The Bertz CT molecular complexity index is 1150. The van der Waals surface area contributed by atoms with Gasteiger partial charge in [0, 0.05) is 38.4 Å². The fraction of sp³-hybridized carbons (Fsp3) is 0.364. The number of rotatable bonds is 4. The largest absolute Gasteiger partial charge is 0.399 e. The van der Waals surface area contributed by atoms with Crippen molar-refractivity contribution in [1.29, 1.82) is 0 Å². The SMILES string of the molecule is CC(=O)Nc1nc(N2CCN(C(=O)Cc3ccc(N)cc3)C3(CC3)C2)c2cc[nH]c2n1. The number of nitrogens with zero attached hydrogens (tertiary/aromatic N) is 4. The Labute approximate surface area is 179 Å². The van der Waals surface area contributed by atoms with E-state index in [1.165, 1.54) is 6.92 Å². The molecule has 2 fully saturated rings. The van der Waals surface area contributed by atoms with Gasteiger partial charge in [0.2, 0.25) is 17.8 Å². The van der Waals surface area contributed by atoms with E-state index in [9.17, 15) is 9.59 Å². The van der Waals surface area contributed by atoms with Crippen LogP contribution < -0.4 is 16.0 Å². The highest BCUT2D eigenvalue weighted by Gasteiger charge is 2.53. The summed E-state index contributed by atoms with van der Waals surface area (Å²) in [6, 6.07) is 9.43. The van der Waals surface area contributed by atoms with E-state index in [4.69, 9.17) is 5.73 Å². The Morgan fingerprint density at radius 3 is 2.65 bits per heavy atom. The summed E-state index contributed by atoms with van der Waals surface area (Å²) in [5.41, 5.74) is 7.96. The molecule has 2 amide bonds. The molecular weight excluding hydrogens is 394 g/mol. The molecule has 3 aromatic rings. The van der Waals surface area contributed by atoms with Crippen LogP contribution in [0, 0.1) is 0 Å². The van der Waals surface area contributed by atoms with Crippen LogP contribution in [0.25, 0.3) is 11.0 Å². The second-order valence-corrected chi connectivity index (χ2v) is 8.40. The number of hydrogen-bond donors (Lipinski definition) is 3. The topological polar surface area (TPSA) is 120 Å². The minimum Gasteiger partial charge on any atom is -0.399 e. The van der Waals surface area contributed by atoms with Gasteiger partial charge in [-0.25, -0.2) is 0 Å². The van der Waals surface area contributed by atoms with Crippen LogP contribution in [0.4, 0.5) is 17.5 Å². The Balaban J connectivity index is 1.37. The predicted molar refractivity (Wildman–Crippen MR) is 119 cm³/mol. The lowest BCUT2D eigenvalue weighted by atomic mass is 10.1. The van der Waals surface area contributed by atoms with Gasteiger partial charge in [-0.05, 0) is 36.6 Å². The molecular formula is C22H25N7O2. The van der Waals surface area contributed by atoms with Crippen molar-refractivity contribution in [3.05, 3.63) is 42.1 Å². The molecule has 1 saturated carbocycles. The first-order valence-electron chi connectivity index (χ1n) is 10.5. The number of H-pyrrole nitrogens is 1. The first-order chi connectivity index (χ1) is 14.9. The summed E-state index contributed by atoms with van der Waals surface area (Å²) >= 11 is 0. The van der Waals surface area contributed by atoms with Crippen molar-refractivity contribution >= 4 is 40.3 Å². The van der Waals surface area contributed by atoms with E-state index in [0.29, 0.717) is 30.8 Å². The summed E-state index contributed by atoms with van der Waals surface area (Å²) in [6.07, 6.45) is 4.16. The molecule has 160 valence electrons. The van der Waals surface area contributed by atoms with Gasteiger partial charge in [0.1, 0.15) is 11.5 Å². The van der Waals surface area contributed by atoms with Gasteiger partial charge in [-0.15, -0.1) is 0 Å². The molecule has 31 heavy (non-hydrogen) atoms. The van der Waals surface area contributed by atoms with Crippen molar-refractivity contribution in [3.8, 4) is 0 Å². The quantitative estimate of drug-likeness (QED) is 0.556. The minimum atomic E-state index is -0.214. The van der Waals surface area contributed by atoms with Crippen molar-refractivity contribution in [3.63, 3.8) is 0 Å². The fourth-order valence-electron chi connectivity index (χ4n) is 4.40. The Morgan fingerprint density at radius 1 is 1.16 bits per heavy atom. The average molecular weight is 419 g/mol. The van der Waals surface area contributed by atoms with Crippen LogP contribution >= 0.6 is 0 Å². The van der Waals surface area contributed by atoms with E-state index in [2.05, 4.69) is 25.2 Å². The van der Waals surface area contributed by atoms with Crippen LogP contribution in [0.2, 0.25) is 0 Å². The number of nitrogens with two attached hydrogens (primary N) is 1. The smallest absolute Gasteiger partial charge is 0.233 e. The van der Waals surface area contributed by atoms with Crippen molar-refractivity contribution in [2.75, 3.05) is 35.6 Å². The molecule has 9 heteroatoms. The summed E-state index contributed by atoms with van der Waals surface area (Å²) in [7, 11) is 0. The number of carbonyl (C=O) groups is 2. The molecule has 2 aromatic heterocycles. The first-order valence-corrected chi connectivity index (χ1v) is 10.5. The molecule has 9 nitrogen and oxygen atoms in total. The molecule has 0 atom stereocenters. The van der Waals surface area contributed by atoms with E-state index in [0.717, 1.165) is 36.2 Å². The number of nitrogen functional groups attached to an aromatic ring is 1. The van der Waals surface area contributed by atoms with Gasteiger partial charge in [0.15, 0.2) is 0 Å². The molecule has 1 saturated heterocycles. The highest BCUT2D eigenvalue weighted by atomic mass is 16.2. The van der Waals surface area contributed by atoms with Gasteiger partial charge in [0.25, 0.3) is 0 Å². The molecule has 4 N–H and O–H groups in total. The zero-order valence-electron chi connectivity index (χ0n) is 17.4. The van der Waals surface area contributed by atoms with Gasteiger partial charge < -0.3 is 20.5 Å². The standard InChI is InChI=1S/C22H25N7O2/c1-14(30)25-21-26-19-17(6-9-24-19)20(27-21)28-10-11-29(22(13-28)7-8-22)18(31)12-15-2-4-16(23)5-3-15/h2-6,9H,7-8,10-13,23H2,1H3,(H2,24,25,26,27,30).